The molecule has 0 aliphatic carbocycles. The van der Waals surface area contributed by atoms with E-state index >= 15 is 0 Å². The maximum Gasteiger partial charge on any atom is 0.240 e. The highest BCUT2D eigenvalue weighted by Gasteiger charge is 2.22. The maximum atomic E-state index is 12.6. The molecule has 3 rings (SSSR count). The van der Waals surface area contributed by atoms with Crippen LogP contribution in [-0.2, 0) is 4.79 Å². The van der Waals surface area contributed by atoms with E-state index in [0.717, 1.165) is 0 Å². The summed E-state index contributed by atoms with van der Waals surface area (Å²) in [7, 11) is 1.43. The van der Waals surface area contributed by atoms with E-state index in [1.54, 1.807) is 0 Å². The van der Waals surface area contributed by atoms with Crippen LogP contribution in [0.4, 0.5) is 11.9 Å². The van der Waals surface area contributed by atoms with Crippen molar-refractivity contribution in [2.45, 2.75) is 23.6 Å². The van der Waals surface area contributed by atoms with Gasteiger partial charge >= 0.3 is 0 Å². The van der Waals surface area contributed by atoms with E-state index in [9.17, 15) is 4.79 Å². The first-order valence-corrected chi connectivity index (χ1v) is 8.78. The summed E-state index contributed by atoms with van der Waals surface area (Å²) in [6, 6.07) is 0. The molecule has 12 heteroatoms. The minimum atomic E-state index is -0.457. The lowest BCUT2D eigenvalue weighted by atomic mass is 10.3. The van der Waals surface area contributed by atoms with Gasteiger partial charge in [0.2, 0.25) is 23.7 Å². The van der Waals surface area contributed by atoms with Crippen LogP contribution in [-0.4, -0.2) is 48.2 Å². The summed E-state index contributed by atoms with van der Waals surface area (Å²) in [5.74, 6) is 0.0875. The van der Waals surface area contributed by atoms with Gasteiger partial charge in [-0.05, 0) is 6.42 Å². The molecule has 3 aromatic rings. The predicted molar refractivity (Wildman–Crippen MR) is 98.3 cm³/mol. The number of anilines is 2. The number of ether oxygens (including phenoxy) is 1. The van der Waals surface area contributed by atoms with Crippen LogP contribution in [0.3, 0.4) is 0 Å². The second-order valence-electron chi connectivity index (χ2n) is 5.04. The van der Waals surface area contributed by atoms with Gasteiger partial charge in [0.25, 0.3) is 0 Å². The van der Waals surface area contributed by atoms with E-state index in [1.807, 2.05) is 6.92 Å². The SMILES string of the molecule is CC[C@H](Sc1nc(N)nc2nc[nH]c12)C(=O)Nc1ncc(Cl)c(OC)n1. The molecule has 0 saturated carbocycles. The number of aromatic nitrogens is 6. The zero-order valence-electron chi connectivity index (χ0n) is 13.9. The smallest absolute Gasteiger partial charge is 0.240 e. The van der Waals surface area contributed by atoms with Crippen molar-refractivity contribution >= 4 is 52.3 Å². The molecular formula is C14H15ClN8O2S. The second-order valence-corrected chi connectivity index (χ2v) is 6.64. The fraction of sp³-hybridized carbons (Fsp3) is 0.286. The summed E-state index contributed by atoms with van der Waals surface area (Å²) in [5, 5.41) is 2.99. The number of nitrogens with one attached hydrogen (secondary N) is 2. The molecule has 0 radical (unpaired) electrons. The molecule has 136 valence electrons. The van der Waals surface area contributed by atoms with Gasteiger partial charge in [0.1, 0.15) is 15.6 Å². The zero-order valence-corrected chi connectivity index (χ0v) is 15.4. The topological polar surface area (TPSA) is 145 Å². The Balaban J connectivity index is 1.79. The van der Waals surface area contributed by atoms with Crippen molar-refractivity contribution in [2.24, 2.45) is 0 Å². The lowest BCUT2D eigenvalue weighted by Gasteiger charge is -2.14. The molecule has 10 nitrogen and oxygen atoms in total. The minimum absolute atomic E-state index is 0.0909. The highest BCUT2D eigenvalue weighted by atomic mass is 35.5. The van der Waals surface area contributed by atoms with Crippen LogP contribution in [0.25, 0.3) is 11.2 Å². The normalized spacial score (nSPS) is 12.1. The molecule has 3 aromatic heterocycles. The number of nitrogens with zero attached hydrogens (tertiary/aromatic N) is 5. The third kappa shape index (κ3) is 3.78. The Morgan fingerprint density at radius 2 is 2.23 bits per heavy atom. The van der Waals surface area contributed by atoms with Crippen molar-refractivity contribution < 1.29 is 9.53 Å². The van der Waals surface area contributed by atoms with Crippen LogP contribution >= 0.6 is 23.4 Å². The summed E-state index contributed by atoms with van der Waals surface area (Å²) in [4.78, 5) is 35.9. The molecule has 0 bridgehead atoms. The van der Waals surface area contributed by atoms with E-state index in [-0.39, 0.29) is 28.7 Å². The molecule has 0 fully saturated rings. The van der Waals surface area contributed by atoms with Gasteiger partial charge in [-0.1, -0.05) is 30.3 Å². The van der Waals surface area contributed by atoms with Gasteiger partial charge in [0, 0.05) is 0 Å². The number of hydrogen-bond donors (Lipinski definition) is 3. The van der Waals surface area contributed by atoms with Gasteiger partial charge in [-0.2, -0.15) is 9.97 Å². The number of carbonyl (C=O) groups excluding carboxylic acids is 1. The maximum absolute atomic E-state index is 12.6. The molecule has 3 heterocycles. The number of imidazole rings is 1. The van der Waals surface area contributed by atoms with Gasteiger partial charge in [-0.25, -0.2) is 15.0 Å². The Hall–Kier alpha value is -2.66. The fourth-order valence-corrected chi connectivity index (χ4v) is 3.30. The quantitative estimate of drug-likeness (QED) is 0.421. The van der Waals surface area contributed by atoms with E-state index in [2.05, 4.69) is 35.2 Å². The Labute approximate surface area is 157 Å². The minimum Gasteiger partial charge on any atom is -0.480 e. The number of carbonyl (C=O) groups is 1. The number of rotatable bonds is 6. The molecule has 1 atom stereocenters. The van der Waals surface area contributed by atoms with Gasteiger partial charge in [-0.3, -0.25) is 10.1 Å². The standard InChI is InChI=1S/C14H15ClN8O2S/c1-3-7(10(24)21-14-17-4-6(15)11(22-14)25-2)26-12-8-9(19-5-18-8)20-13(16)23-12/h4-5,7H,3H2,1-2H3,(H,17,21,22,24)(H3,16,18,19,20,23)/t7-/m0/s1. The first kappa shape index (κ1) is 18.1. The monoisotopic (exact) mass is 394 g/mol. The number of H-pyrrole nitrogens is 1. The molecule has 0 spiro atoms. The number of nitrogen functional groups attached to an aromatic ring is 1. The lowest BCUT2D eigenvalue weighted by Crippen LogP contribution is -2.26. The first-order chi connectivity index (χ1) is 12.5. The largest absolute Gasteiger partial charge is 0.480 e. The van der Waals surface area contributed by atoms with E-state index in [0.29, 0.717) is 22.6 Å². The van der Waals surface area contributed by atoms with Crippen LogP contribution in [0.5, 0.6) is 5.88 Å². The lowest BCUT2D eigenvalue weighted by molar-refractivity contribution is -0.115. The Kier molecular flexibility index (Phi) is 5.38. The van der Waals surface area contributed by atoms with Crippen molar-refractivity contribution in [3.05, 3.63) is 17.5 Å². The van der Waals surface area contributed by atoms with Crippen molar-refractivity contribution in [3.8, 4) is 5.88 Å². The molecule has 0 unspecified atom stereocenters. The number of thioether (sulfide) groups is 1. The van der Waals surface area contributed by atoms with Crippen molar-refractivity contribution in [1.82, 2.24) is 29.9 Å². The van der Waals surface area contributed by atoms with E-state index in [4.69, 9.17) is 22.1 Å². The average molecular weight is 395 g/mol. The van der Waals surface area contributed by atoms with E-state index in [1.165, 1.54) is 31.4 Å². The third-order valence-electron chi connectivity index (χ3n) is 3.33. The number of methoxy groups -OCH3 is 1. The average Bonchev–Trinajstić information content (AvgIpc) is 3.09. The molecule has 0 aliphatic rings. The van der Waals surface area contributed by atoms with Gasteiger partial charge < -0.3 is 15.5 Å². The summed E-state index contributed by atoms with van der Waals surface area (Å²) in [5.41, 5.74) is 6.78. The zero-order chi connectivity index (χ0) is 18.7. The van der Waals surface area contributed by atoms with Crippen LogP contribution < -0.4 is 15.8 Å². The van der Waals surface area contributed by atoms with Crippen LogP contribution in [0.1, 0.15) is 13.3 Å². The van der Waals surface area contributed by atoms with Gasteiger partial charge in [0.15, 0.2) is 5.65 Å². The predicted octanol–water partition coefficient (Wildman–Crippen LogP) is 1.90. The van der Waals surface area contributed by atoms with Crippen molar-refractivity contribution in [1.29, 1.82) is 0 Å². The van der Waals surface area contributed by atoms with Gasteiger partial charge in [0.05, 0.1) is 24.9 Å². The van der Waals surface area contributed by atoms with Crippen LogP contribution in [0.15, 0.2) is 17.6 Å². The summed E-state index contributed by atoms with van der Waals surface area (Å²) >= 11 is 7.14. The number of hydrogen-bond acceptors (Lipinski definition) is 9. The van der Waals surface area contributed by atoms with E-state index < -0.39 is 5.25 Å². The number of amides is 1. The molecule has 26 heavy (non-hydrogen) atoms. The Morgan fingerprint density at radius 1 is 1.42 bits per heavy atom. The number of nitrogens with two attached hydrogens (primary N) is 1. The van der Waals surface area contributed by atoms with Gasteiger partial charge in [-0.15, -0.1) is 0 Å². The molecule has 1 amide bonds. The summed E-state index contributed by atoms with van der Waals surface area (Å²) in [6.07, 6.45) is 3.40. The van der Waals surface area contributed by atoms with Crippen molar-refractivity contribution in [3.63, 3.8) is 0 Å². The highest BCUT2D eigenvalue weighted by Crippen LogP contribution is 2.30. The van der Waals surface area contributed by atoms with Crippen LogP contribution in [0.2, 0.25) is 5.02 Å². The first-order valence-electron chi connectivity index (χ1n) is 7.52. The molecule has 0 aromatic carbocycles. The number of aromatic amines is 1. The Morgan fingerprint density at radius 3 is 2.96 bits per heavy atom. The second kappa shape index (κ2) is 7.70. The summed E-state index contributed by atoms with van der Waals surface area (Å²) < 4.78 is 5.02. The summed E-state index contributed by atoms with van der Waals surface area (Å²) in [6.45, 7) is 1.88. The molecule has 4 N–H and O–H groups in total. The number of halogens is 1. The fourth-order valence-electron chi connectivity index (χ4n) is 2.11. The molecular weight excluding hydrogens is 380 g/mol. The van der Waals surface area contributed by atoms with Crippen LogP contribution in [0, 0.1) is 0 Å². The highest BCUT2D eigenvalue weighted by molar-refractivity contribution is 8.00. The van der Waals surface area contributed by atoms with Crippen molar-refractivity contribution in [2.75, 3.05) is 18.2 Å². The molecule has 0 saturated heterocycles. The Bertz CT molecular complexity index is 950. The third-order valence-corrected chi connectivity index (χ3v) is 4.94. The molecule has 0 aliphatic heterocycles. The number of fused-ring (bicyclic) bond motifs is 1.